The third kappa shape index (κ3) is 6.61. The van der Waals surface area contributed by atoms with Crippen molar-refractivity contribution in [3.8, 4) is 5.75 Å². The summed E-state index contributed by atoms with van der Waals surface area (Å²) in [7, 11) is 0. The molecule has 0 heterocycles. The average molecular weight is 321 g/mol. The van der Waals surface area contributed by atoms with Crippen molar-refractivity contribution < 1.29 is 14.6 Å². The minimum absolute atomic E-state index is 0.0409. The van der Waals surface area contributed by atoms with Crippen molar-refractivity contribution in [2.75, 3.05) is 13.2 Å². The van der Waals surface area contributed by atoms with E-state index < -0.39 is 6.10 Å². The van der Waals surface area contributed by atoms with Gasteiger partial charge in [0, 0.05) is 13.2 Å². The number of carbonyl (C=O) groups is 1. The number of rotatable bonds is 7. The topological polar surface area (TPSA) is 58.6 Å². The molecular weight excluding hydrogens is 290 g/mol. The summed E-state index contributed by atoms with van der Waals surface area (Å²) in [6.45, 7) is 12.8. The minimum atomic E-state index is -0.560. The molecule has 4 nitrogen and oxygen atoms in total. The van der Waals surface area contributed by atoms with Crippen molar-refractivity contribution in [3.05, 3.63) is 29.8 Å². The second-order valence-electron chi connectivity index (χ2n) is 7.89. The van der Waals surface area contributed by atoms with E-state index in [0.717, 1.165) is 0 Å². The van der Waals surface area contributed by atoms with Gasteiger partial charge < -0.3 is 15.2 Å². The normalized spacial score (nSPS) is 13.5. The quantitative estimate of drug-likeness (QED) is 0.810. The first-order valence-corrected chi connectivity index (χ1v) is 8.21. The number of hydrogen-bond acceptors (Lipinski definition) is 3. The second-order valence-corrected chi connectivity index (χ2v) is 7.89. The smallest absolute Gasteiger partial charge is 0.260 e. The fraction of sp³-hybridized carbons (Fsp3) is 0.632. The first kappa shape index (κ1) is 19.5. The molecule has 0 saturated heterocycles. The van der Waals surface area contributed by atoms with Gasteiger partial charge in [0.25, 0.3) is 5.91 Å². The Labute approximate surface area is 140 Å². The van der Waals surface area contributed by atoms with Gasteiger partial charge in [0.05, 0.1) is 0 Å². The van der Waals surface area contributed by atoms with Crippen LogP contribution in [0.25, 0.3) is 0 Å². The van der Waals surface area contributed by atoms with Gasteiger partial charge in [-0.05, 0) is 41.9 Å². The van der Waals surface area contributed by atoms with Gasteiger partial charge in [0.15, 0.2) is 6.10 Å². The molecular formula is C19H31NO3. The molecule has 4 heteroatoms. The third-order valence-electron chi connectivity index (χ3n) is 3.91. The lowest BCUT2D eigenvalue weighted by atomic mass is 9.87. The number of nitrogens with one attached hydrogen (secondary N) is 1. The maximum Gasteiger partial charge on any atom is 0.260 e. The Morgan fingerprint density at radius 1 is 1.26 bits per heavy atom. The largest absolute Gasteiger partial charge is 0.481 e. The molecule has 0 fully saturated rings. The van der Waals surface area contributed by atoms with Crippen LogP contribution in [0.15, 0.2) is 24.3 Å². The molecule has 1 unspecified atom stereocenters. The van der Waals surface area contributed by atoms with E-state index in [1.54, 1.807) is 6.92 Å². The van der Waals surface area contributed by atoms with Crippen LogP contribution in [-0.2, 0) is 10.2 Å². The highest BCUT2D eigenvalue weighted by atomic mass is 16.5. The number of aliphatic hydroxyl groups is 1. The highest BCUT2D eigenvalue weighted by Gasteiger charge is 2.21. The summed E-state index contributed by atoms with van der Waals surface area (Å²) in [6, 6.07) is 7.87. The van der Waals surface area contributed by atoms with Gasteiger partial charge in [-0.1, -0.05) is 46.8 Å². The molecule has 1 aromatic rings. The monoisotopic (exact) mass is 321 g/mol. The number of hydrogen-bond donors (Lipinski definition) is 2. The standard InChI is InChI=1S/C19H31NO3/c1-14(17(22)20-13-19(5,6)10-11-21)23-16-9-7-8-15(12-16)18(2,3)4/h7-9,12,14,21H,10-11,13H2,1-6H3,(H,20,22). The molecule has 0 saturated carbocycles. The van der Waals surface area contributed by atoms with Crippen LogP contribution in [0.3, 0.4) is 0 Å². The Balaban J connectivity index is 2.62. The molecule has 0 aromatic heterocycles. The Hall–Kier alpha value is -1.55. The molecule has 0 aliphatic heterocycles. The predicted molar refractivity (Wildman–Crippen MR) is 93.7 cm³/mol. The SMILES string of the molecule is CC(Oc1cccc(C(C)(C)C)c1)C(=O)NCC(C)(C)CCO. The van der Waals surface area contributed by atoms with Crippen molar-refractivity contribution in [1.82, 2.24) is 5.32 Å². The van der Waals surface area contributed by atoms with Gasteiger partial charge in [-0.3, -0.25) is 4.79 Å². The fourth-order valence-corrected chi connectivity index (χ4v) is 2.15. The van der Waals surface area contributed by atoms with Crippen LogP contribution < -0.4 is 10.1 Å². The molecule has 0 aliphatic carbocycles. The number of benzene rings is 1. The Morgan fingerprint density at radius 2 is 1.91 bits per heavy atom. The maximum absolute atomic E-state index is 12.2. The zero-order valence-corrected chi connectivity index (χ0v) is 15.3. The van der Waals surface area contributed by atoms with E-state index in [0.29, 0.717) is 18.7 Å². The Morgan fingerprint density at radius 3 is 2.48 bits per heavy atom. The summed E-state index contributed by atoms with van der Waals surface area (Å²) in [5, 5.41) is 11.9. The molecule has 1 atom stereocenters. The van der Waals surface area contributed by atoms with Crippen LogP contribution in [-0.4, -0.2) is 30.3 Å². The number of ether oxygens (including phenoxy) is 1. The van der Waals surface area contributed by atoms with Gasteiger partial charge in [-0.2, -0.15) is 0 Å². The van der Waals surface area contributed by atoms with Gasteiger partial charge in [0.2, 0.25) is 0 Å². The highest BCUT2D eigenvalue weighted by Crippen LogP contribution is 2.26. The zero-order chi connectivity index (χ0) is 17.7. The molecule has 23 heavy (non-hydrogen) atoms. The average Bonchev–Trinajstić information content (AvgIpc) is 2.44. The minimum Gasteiger partial charge on any atom is -0.481 e. The lowest BCUT2D eigenvalue weighted by Gasteiger charge is -2.25. The Kier molecular flexibility index (Phi) is 6.63. The second kappa shape index (κ2) is 7.82. The lowest BCUT2D eigenvalue weighted by Crippen LogP contribution is -2.41. The van der Waals surface area contributed by atoms with E-state index in [-0.39, 0.29) is 23.3 Å². The summed E-state index contributed by atoms with van der Waals surface area (Å²) < 4.78 is 5.78. The predicted octanol–water partition coefficient (Wildman–Crippen LogP) is 3.28. The Bertz CT molecular complexity index is 518. The van der Waals surface area contributed by atoms with Crippen molar-refractivity contribution in [3.63, 3.8) is 0 Å². The zero-order valence-electron chi connectivity index (χ0n) is 15.3. The summed E-state index contributed by atoms with van der Waals surface area (Å²) in [5.74, 6) is 0.562. The van der Waals surface area contributed by atoms with E-state index in [9.17, 15) is 4.79 Å². The van der Waals surface area contributed by atoms with Crippen molar-refractivity contribution in [2.45, 2.75) is 59.5 Å². The molecule has 0 spiro atoms. The van der Waals surface area contributed by atoms with Crippen molar-refractivity contribution >= 4 is 5.91 Å². The lowest BCUT2D eigenvalue weighted by molar-refractivity contribution is -0.127. The summed E-state index contributed by atoms with van der Waals surface area (Å²) in [5.41, 5.74) is 1.09. The first-order valence-electron chi connectivity index (χ1n) is 8.21. The number of amides is 1. The van der Waals surface area contributed by atoms with Crippen LogP contribution in [0.4, 0.5) is 0 Å². The van der Waals surface area contributed by atoms with Crippen molar-refractivity contribution in [2.24, 2.45) is 5.41 Å². The first-order chi connectivity index (χ1) is 10.5. The molecule has 1 rings (SSSR count). The van der Waals surface area contributed by atoms with Crippen LogP contribution in [0.1, 0.15) is 53.5 Å². The molecule has 1 amide bonds. The van der Waals surface area contributed by atoms with Crippen molar-refractivity contribution in [1.29, 1.82) is 0 Å². The summed E-state index contributed by atoms with van der Waals surface area (Å²) in [4.78, 5) is 12.2. The molecule has 1 aromatic carbocycles. The number of carbonyl (C=O) groups excluding carboxylic acids is 1. The van der Waals surface area contributed by atoms with Gasteiger partial charge in [0.1, 0.15) is 5.75 Å². The highest BCUT2D eigenvalue weighted by molar-refractivity contribution is 5.80. The maximum atomic E-state index is 12.2. The summed E-state index contributed by atoms with van der Waals surface area (Å²) >= 11 is 0. The van der Waals surface area contributed by atoms with Crippen LogP contribution >= 0.6 is 0 Å². The van der Waals surface area contributed by atoms with E-state index in [1.165, 1.54) is 5.56 Å². The van der Waals surface area contributed by atoms with E-state index >= 15 is 0 Å². The molecule has 0 bridgehead atoms. The van der Waals surface area contributed by atoms with E-state index in [2.05, 4.69) is 32.2 Å². The van der Waals surface area contributed by atoms with Gasteiger partial charge >= 0.3 is 0 Å². The molecule has 130 valence electrons. The van der Waals surface area contributed by atoms with Crippen LogP contribution in [0.2, 0.25) is 0 Å². The molecule has 2 N–H and O–H groups in total. The molecule has 0 radical (unpaired) electrons. The van der Waals surface area contributed by atoms with E-state index in [1.807, 2.05) is 32.0 Å². The fourth-order valence-electron chi connectivity index (χ4n) is 2.15. The van der Waals surface area contributed by atoms with Gasteiger partial charge in [-0.25, -0.2) is 0 Å². The summed E-state index contributed by atoms with van der Waals surface area (Å²) in [6.07, 6.45) is 0.0889. The number of aliphatic hydroxyl groups excluding tert-OH is 1. The van der Waals surface area contributed by atoms with E-state index in [4.69, 9.17) is 9.84 Å². The molecule has 0 aliphatic rings. The van der Waals surface area contributed by atoms with Crippen LogP contribution in [0, 0.1) is 5.41 Å². The van der Waals surface area contributed by atoms with Crippen LogP contribution in [0.5, 0.6) is 5.75 Å². The van der Waals surface area contributed by atoms with Gasteiger partial charge in [-0.15, -0.1) is 0 Å². The third-order valence-corrected chi connectivity index (χ3v) is 3.91.